The number of fused-ring (bicyclic) bond motifs is 1. The molecule has 2 heterocycles. The summed E-state index contributed by atoms with van der Waals surface area (Å²) in [6, 6.07) is 12.3. The summed E-state index contributed by atoms with van der Waals surface area (Å²) in [7, 11) is 3.30. The van der Waals surface area contributed by atoms with E-state index in [0.717, 1.165) is 49.0 Å². The van der Waals surface area contributed by atoms with Gasteiger partial charge >= 0.3 is 0 Å². The van der Waals surface area contributed by atoms with Crippen LogP contribution in [0, 0.1) is 0 Å². The molecule has 1 aromatic heterocycles. The molecule has 1 N–H and O–H groups in total. The van der Waals surface area contributed by atoms with Crippen molar-refractivity contribution in [3.8, 4) is 11.5 Å². The van der Waals surface area contributed by atoms with Gasteiger partial charge in [0.2, 0.25) is 5.91 Å². The van der Waals surface area contributed by atoms with Gasteiger partial charge in [0.25, 0.3) is 0 Å². The van der Waals surface area contributed by atoms with Crippen molar-refractivity contribution in [1.82, 2.24) is 9.88 Å². The second-order valence-corrected chi connectivity index (χ2v) is 7.86. The fraction of sp³-hybridized carbons (Fsp3) is 0.400. The summed E-state index contributed by atoms with van der Waals surface area (Å²) in [6.07, 6.45) is 5.60. The zero-order valence-corrected chi connectivity index (χ0v) is 18.0. The molecule has 3 aromatic rings. The Labute approximate surface area is 178 Å². The van der Waals surface area contributed by atoms with Gasteiger partial charge in [0.15, 0.2) is 11.5 Å². The summed E-state index contributed by atoms with van der Waals surface area (Å²) in [4.78, 5) is 18.6. The largest absolute Gasteiger partial charge is 0.493 e. The number of hydrogen-bond donors (Lipinski definition) is 1. The maximum absolute atomic E-state index is 13.2. The Morgan fingerprint density at radius 2 is 1.83 bits per heavy atom. The van der Waals surface area contributed by atoms with Gasteiger partial charge in [-0.15, -0.1) is 0 Å². The average molecular weight is 407 g/mol. The zero-order chi connectivity index (χ0) is 21.1. The lowest BCUT2D eigenvalue weighted by atomic mass is 9.86. The number of H-pyrrole nitrogens is 1. The number of para-hydroxylation sites is 2. The predicted octanol–water partition coefficient (Wildman–Crippen LogP) is 4.89. The summed E-state index contributed by atoms with van der Waals surface area (Å²) in [6.45, 7) is 3.87. The molecule has 0 bridgehead atoms. The van der Waals surface area contributed by atoms with Crippen molar-refractivity contribution in [2.24, 2.45) is 0 Å². The molecule has 0 saturated carbocycles. The number of aromatic nitrogens is 1. The normalized spacial score (nSPS) is 14.8. The van der Waals surface area contributed by atoms with Crippen molar-refractivity contribution in [1.29, 1.82) is 0 Å². The standard InChI is InChI=1S/C25H30N2O3/c1-4-17-9-7-10-18-21(16-26-24(17)18)20(15-23(28)27-13-5-6-14-27)19-11-8-12-22(29-2)25(19)30-3/h7-12,16,20,26H,4-6,13-15H2,1-3H3. The van der Waals surface area contributed by atoms with E-state index in [4.69, 9.17) is 9.47 Å². The van der Waals surface area contributed by atoms with Crippen LogP contribution in [-0.4, -0.2) is 43.1 Å². The van der Waals surface area contributed by atoms with Crippen LogP contribution in [0.3, 0.4) is 0 Å². The van der Waals surface area contributed by atoms with Gasteiger partial charge in [-0.2, -0.15) is 0 Å². The van der Waals surface area contributed by atoms with Gasteiger partial charge in [-0.1, -0.05) is 37.3 Å². The molecule has 2 aromatic carbocycles. The van der Waals surface area contributed by atoms with Gasteiger partial charge < -0.3 is 19.4 Å². The minimum absolute atomic E-state index is 0.121. The van der Waals surface area contributed by atoms with Crippen LogP contribution in [0.1, 0.15) is 48.8 Å². The highest BCUT2D eigenvalue weighted by atomic mass is 16.5. The molecule has 0 radical (unpaired) electrons. The first-order chi connectivity index (χ1) is 14.7. The third kappa shape index (κ3) is 3.64. The number of rotatable bonds is 7. The first-order valence-electron chi connectivity index (χ1n) is 10.8. The van der Waals surface area contributed by atoms with Crippen molar-refractivity contribution >= 4 is 16.8 Å². The zero-order valence-electron chi connectivity index (χ0n) is 18.0. The van der Waals surface area contributed by atoms with Gasteiger partial charge in [0.1, 0.15) is 0 Å². The van der Waals surface area contributed by atoms with Gasteiger partial charge in [-0.25, -0.2) is 0 Å². The third-order valence-electron chi connectivity index (χ3n) is 6.24. The van der Waals surface area contributed by atoms with Crippen LogP contribution in [0.15, 0.2) is 42.6 Å². The highest BCUT2D eigenvalue weighted by molar-refractivity contribution is 5.88. The first kappa shape index (κ1) is 20.3. The maximum Gasteiger partial charge on any atom is 0.223 e. The lowest BCUT2D eigenvalue weighted by Gasteiger charge is -2.23. The van der Waals surface area contributed by atoms with E-state index in [1.54, 1.807) is 14.2 Å². The molecule has 4 rings (SSSR count). The molecule has 1 aliphatic rings. The number of likely N-dealkylation sites (tertiary alicyclic amines) is 1. The van der Waals surface area contributed by atoms with Crippen molar-refractivity contribution in [3.63, 3.8) is 0 Å². The number of ether oxygens (including phenoxy) is 2. The molecule has 5 heteroatoms. The SMILES string of the molecule is CCc1cccc2c(C(CC(=O)N3CCCC3)c3cccc(OC)c3OC)c[nH]c12. The van der Waals surface area contributed by atoms with Crippen molar-refractivity contribution < 1.29 is 14.3 Å². The number of aromatic amines is 1. The van der Waals surface area contributed by atoms with Crippen LogP contribution in [0.5, 0.6) is 11.5 Å². The number of aryl methyl sites for hydroxylation is 1. The summed E-state index contributed by atoms with van der Waals surface area (Å²) in [5.41, 5.74) is 4.53. The van der Waals surface area contributed by atoms with E-state index in [2.05, 4.69) is 36.3 Å². The third-order valence-corrected chi connectivity index (χ3v) is 6.24. The minimum Gasteiger partial charge on any atom is -0.493 e. The highest BCUT2D eigenvalue weighted by Crippen LogP contribution is 2.42. The van der Waals surface area contributed by atoms with E-state index in [9.17, 15) is 4.79 Å². The van der Waals surface area contributed by atoms with Gasteiger partial charge in [0.05, 0.1) is 14.2 Å². The monoisotopic (exact) mass is 406 g/mol. The van der Waals surface area contributed by atoms with Crippen LogP contribution in [0.4, 0.5) is 0 Å². The average Bonchev–Trinajstić information content (AvgIpc) is 3.47. The number of nitrogens with zero attached hydrogens (tertiary/aromatic N) is 1. The van der Waals surface area contributed by atoms with Crippen molar-refractivity contribution in [3.05, 3.63) is 59.3 Å². The molecular formula is C25H30N2O3. The van der Waals surface area contributed by atoms with Crippen LogP contribution >= 0.6 is 0 Å². The quantitative estimate of drug-likeness (QED) is 0.608. The Morgan fingerprint density at radius 3 is 2.53 bits per heavy atom. The fourth-order valence-corrected chi connectivity index (χ4v) is 4.67. The number of amides is 1. The number of carbonyl (C=O) groups is 1. The smallest absolute Gasteiger partial charge is 0.223 e. The Hall–Kier alpha value is -2.95. The Bertz CT molecular complexity index is 1030. The van der Waals surface area contributed by atoms with Crippen molar-refractivity contribution in [2.45, 2.75) is 38.5 Å². The minimum atomic E-state index is -0.121. The second kappa shape index (κ2) is 8.82. The molecule has 1 saturated heterocycles. The van der Waals surface area contributed by atoms with Gasteiger partial charge in [0, 0.05) is 48.1 Å². The van der Waals surface area contributed by atoms with Gasteiger partial charge in [-0.05, 0) is 36.5 Å². The molecule has 1 unspecified atom stereocenters. The van der Waals surface area contributed by atoms with E-state index < -0.39 is 0 Å². The second-order valence-electron chi connectivity index (χ2n) is 7.86. The Kier molecular flexibility index (Phi) is 5.98. The molecule has 0 spiro atoms. The molecule has 30 heavy (non-hydrogen) atoms. The molecule has 1 fully saturated rings. The number of methoxy groups -OCH3 is 2. The first-order valence-corrected chi connectivity index (χ1v) is 10.8. The number of hydrogen-bond acceptors (Lipinski definition) is 3. The molecule has 1 atom stereocenters. The lowest BCUT2D eigenvalue weighted by molar-refractivity contribution is -0.130. The van der Waals surface area contributed by atoms with E-state index >= 15 is 0 Å². The Morgan fingerprint density at radius 1 is 1.07 bits per heavy atom. The van der Waals surface area contributed by atoms with E-state index in [-0.39, 0.29) is 11.8 Å². The van der Waals surface area contributed by atoms with Crippen LogP contribution in [0.2, 0.25) is 0 Å². The van der Waals surface area contributed by atoms with Crippen LogP contribution < -0.4 is 9.47 Å². The summed E-state index contributed by atoms with van der Waals surface area (Å²) >= 11 is 0. The van der Waals surface area contributed by atoms with E-state index in [1.165, 1.54) is 10.9 Å². The summed E-state index contributed by atoms with van der Waals surface area (Å²) in [5.74, 6) is 1.45. The predicted molar refractivity (Wildman–Crippen MR) is 119 cm³/mol. The molecule has 158 valence electrons. The summed E-state index contributed by atoms with van der Waals surface area (Å²) < 4.78 is 11.3. The Balaban J connectivity index is 1.84. The topological polar surface area (TPSA) is 54.6 Å². The number of carbonyl (C=O) groups excluding carboxylic acids is 1. The maximum atomic E-state index is 13.2. The highest BCUT2D eigenvalue weighted by Gasteiger charge is 2.29. The number of nitrogens with one attached hydrogen (secondary N) is 1. The molecule has 1 amide bonds. The van der Waals surface area contributed by atoms with Gasteiger partial charge in [-0.3, -0.25) is 4.79 Å². The molecule has 5 nitrogen and oxygen atoms in total. The van der Waals surface area contributed by atoms with E-state index in [1.807, 2.05) is 23.1 Å². The van der Waals surface area contributed by atoms with Crippen LogP contribution in [-0.2, 0) is 11.2 Å². The molecule has 0 aliphatic carbocycles. The van der Waals surface area contributed by atoms with Crippen molar-refractivity contribution in [2.75, 3.05) is 27.3 Å². The molecular weight excluding hydrogens is 376 g/mol. The number of benzene rings is 2. The molecule has 1 aliphatic heterocycles. The summed E-state index contributed by atoms with van der Waals surface area (Å²) in [5, 5.41) is 1.17. The fourth-order valence-electron chi connectivity index (χ4n) is 4.67. The lowest BCUT2D eigenvalue weighted by Crippen LogP contribution is -2.29. The van der Waals surface area contributed by atoms with Crippen LogP contribution in [0.25, 0.3) is 10.9 Å². The van der Waals surface area contributed by atoms with E-state index in [0.29, 0.717) is 17.9 Å².